The molecule has 1 rings (SSSR count). The van der Waals surface area contributed by atoms with E-state index in [0.717, 1.165) is 25.7 Å². The van der Waals surface area contributed by atoms with Crippen LogP contribution in [0, 0.1) is 0 Å². The maximum atomic E-state index is 12.4. The van der Waals surface area contributed by atoms with Crippen LogP contribution in [-0.2, 0) is 14.2 Å². The van der Waals surface area contributed by atoms with Gasteiger partial charge in [-0.3, -0.25) is 0 Å². The van der Waals surface area contributed by atoms with Gasteiger partial charge < -0.3 is 19.3 Å². The minimum absolute atomic E-state index is 0.116. The second kappa shape index (κ2) is 17.1. The lowest BCUT2D eigenvalue weighted by atomic mass is 10.1. The van der Waals surface area contributed by atoms with Crippen molar-refractivity contribution >= 4 is 5.97 Å². The molecule has 0 heterocycles. The summed E-state index contributed by atoms with van der Waals surface area (Å²) in [5.74, 6) is -0.336. The van der Waals surface area contributed by atoms with E-state index >= 15 is 0 Å². The first kappa shape index (κ1) is 26.4. The van der Waals surface area contributed by atoms with Crippen molar-refractivity contribution in [2.45, 2.75) is 110 Å². The van der Waals surface area contributed by atoms with Gasteiger partial charge in [0.05, 0.1) is 5.56 Å². The predicted octanol–water partition coefficient (Wildman–Crippen LogP) is 6.98. The molecule has 5 nitrogen and oxygen atoms in total. The van der Waals surface area contributed by atoms with Crippen molar-refractivity contribution in [1.82, 2.24) is 0 Å². The van der Waals surface area contributed by atoms with Gasteiger partial charge >= 0.3 is 5.97 Å². The number of carbonyl (C=O) groups excluding carboxylic acids is 1. The van der Waals surface area contributed by atoms with E-state index in [4.69, 9.17) is 14.2 Å². The van der Waals surface area contributed by atoms with Gasteiger partial charge in [0.15, 0.2) is 6.29 Å². The number of unbranched alkanes of at least 4 members (excludes halogenated alkanes) is 7. The van der Waals surface area contributed by atoms with E-state index in [1.165, 1.54) is 57.1 Å². The molecule has 0 aromatic heterocycles. The van der Waals surface area contributed by atoms with Crippen molar-refractivity contribution < 1.29 is 24.1 Å². The molecule has 0 saturated heterocycles. The Morgan fingerprint density at radius 2 is 1.37 bits per heavy atom. The Kier molecular flexibility index (Phi) is 15.1. The summed E-state index contributed by atoms with van der Waals surface area (Å²) >= 11 is 0. The number of hydrogen-bond acceptors (Lipinski definition) is 5. The molecule has 0 aliphatic carbocycles. The van der Waals surface area contributed by atoms with Gasteiger partial charge in [0, 0.05) is 13.0 Å². The molecule has 0 radical (unpaired) electrons. The second-order valence-electron chi connectivity index (χ2n) is 7.87. The number of ether oxygens (including phenoxy) is 3. The zero-order chi connectivity index (χ0) is 22.0. The van der Waals surface area contributed by atoms with Crippen LogP contribution in [0.25, 0.3) is 0 Å². The highest BCUT2D eigenvalue weighted by Gasteiger charge is 2.21. The fourth-order valence-electron chi connectivity index (χ4n) is 3.22. The molecule has 1 N–H and O–H groups in total. The molecule has 0 aliphatic heterocycles. The van der Waals surface area contributed by atoms with Crippen molar-refractivity contribution in [2.24, 2.45) is 0 Å². The largest absolute Gasteiger partial charge is 0.508 e. The normalized spacial score (nSPS) is 13.2. The van der Waals surface area contributed by atoms with Crippen LogP contribution in [0.1, 0.15) is 108 Å². The van der Waals surface area contributed by atoms with Gasteiger partial charge in [-0.2, -0.15) is 0 Å². The molecular weight excluding hydrogens is 380 g/mol. The first-order valence-electron chi connectivity index (χ1n) is 11.9. The highest BCUT2D eigenvalue weighted by Crippen LogP contribution is 2.17. The molecular formula is C25H42O5. The van der Waals surface area contributed by atoms with E-state index in [-0.39, 0.29) is 12.0 Å². The zero-order valence-electron chi connectivity index (χ0n) is 19.2. The number of benzene rings is 1. The fraction of sp³-hybridized carbons (Fsp3) is 0.720. The molecule has 0 saturated carbocycles. The highest BCUT2D eigenvalue weighted by atomic mass is 16.8. The number of phenolic OH excluding ortho intramolecular Hbond substituents is 1. The van der Waals surface area contributed by atoms with E-state index in [2.05, 4.69) is 13.8 Å². The Bertz CT molecular complexity index is 543. The average Bonchev–Trinajstić information content (AvgIpc) is 2.73. The van der Waals surface area contributed by atoms with Gasteiger partial charge in [0.25, 0.3) is 0 Å². The number of phenols is 1. The van der Waals surface area contributed by atoms with Gasteiger partial charge in [-0.1, -0.05) is 78.6 Å². The monoisotopic (exact) mass is 422 g/mol. The third kappa shape index (κ3) is 12.2. The molecule has 2 atom stereocenters. The third-order valence-corrected chi connectivity index (χ3v) is 5.00. The third-order valence-electron chi connectivity index (χ3n) is 5.00. The van der Waals surface area contributed by atoms with Crippen molar-refractivity contribution in [1.29, 1.82) is 0 Å². The Morgan fingerprint density at radius 1 is 0.800 bits per heavy atom. The summed E-state index contributed by atoms with van der Waals surface area (Å²) in [5.41, 5.74) is 0.393. The molecule has 1 aromatic rings. The van der Waals surface area contributed by atoms with Crippen LogP contribution in [0.5, 0.6) is 5.75 Å². The smallest absolute Gasteiger partial charge is 0.340 e. The number of rotatable bonds is 18. The molecule has 5 heteroatoms. The van der Waals surface area contributed by atoms with Gasteiger partial charge in [0.1, 0.15) is 5.75 Å². The number of esters is 1. The van der Waals surface area contributed by atoms with Crippen molar-refractivity contribution in [3.8, 4) is 5.75 Å². The van der Waals surface area contributed by atoms with Crippen LogP contribution >= 0.6 is 0 Å². The topological polar surface area (TPSA) is 65.0 Å². The standard InChI is InChI=1S/C25H42O5/c1-4-7-8-9-10-11-12-13-20-28-23(14-5-2)29-24(15-6-3)30-25(27)21-16-18-22(26)19-17-21/h16-19,23-24,26H,4-15,20H2,1-3H3. The summed E-state index contributed by atoms with van der Waals surface area (Å²) in [6.07, 6.45) is 12.3. The maximum Gasteiger partial charge on any atom is 0.340 e. The summed E-state index contributed by atoms with van der Waals surface area (Å²) in [6.45, 7) is 7.03. The second-order valence-corrected chi connectivity index (χ2v) is 7.87. The van der Waals surface area contributed by atoms with Gasteiger partial charge in [-0.05, 0) is 37.1 Å². The minimum Gasteiger partial charge on any atom is -0.508 e. The number of carbonyl (C=O) groups is 1. The van der Waals surface area contributed by atoms with Crippen LogP contribution in [0.2, 0.25) is 0 Å². The van der Waals surface area contributed by atoms with Crippen LogP contribution in [0.4, 0.5) is 0 Å². The lowest BCUT2D eigenvalue weighted by Crippen LogP contribution is -2.29. The van der Waals surface area contributed by atoms with Crippen LogP contribution in [0.15, 0.2) is 24.3 Å². The van der Waals surface area contributed by atoms with E-state index in [1.807, 2.05) is 6.92 Å². The SMILES string of the molecule is CCCCCCCCCCOC(CCC)OC(CCC)OC(=O)c1ccc(O)cc1. The minimum atomic E-state index is -0.633. The molecule has 0 spiro atoms. The quantitative estimate of drug-likeness (QED) is 0.157. The van der Waals surface area contributed by atoms with Crippen molar-refractivity contribution in [2.75, 3.05) is 6.61 Å². The average molecular weight is 423 g/mol. The fourth-order valence-corrected chi connectivity index (χ4v) is 3.22. The molecule has 172 valence electrons. The summed E-state index contributed by atoms with van der Waals surface area (Å²) in [5, 5.41) is 9.37. The Hall–Kier alpha value is -1.59. The predicted molar refractivity (Wildman–Crippen MR) is 121 cm³/mol. The molecule has 0 fully saturated rings. The Balaban J connectivity index is 2.38. The maximum absolute atomic E-state index is 12.4. The summed E-state index contributed by atoms with van der Waals surface area (Å²) in [6, 6.07) is 6.03. The van der Waals surface area contributed by atoms with E-state index < -0.39 is 12.3 Å². The van der Waals surface area contributed by atoms with E-state index in [9.17, 15) is 9.90 Å². The molecule has 30 heavy (non-hydrogen) atoms. The summed E-state index contributed by atoms with van der Waals surface area (Å²) in [7, 11) is 0. The summed E-state index contributed by atoms with van der Waals surface area (Å²) in [4.78, 5) is 12.4. The van der Waals surface area contributed by atoms with Crippen molar-refractivity contribution in [3.05, 3.63) is 29.8 Å². The lowest BCUT2D eigenvalue weighted by molar-refractivity contribution is -0.232. The molecule has 1 aromatic carbocycles. The van der Waals surface area contributed by atoms with E-state index in [1.54, 1.807) is 12.1 Å². The van der Waals surface area contributed by atoms with Gasteiger partial charge in [-0.15, -0.1) is 0 Å². The molecule has 2 unspecified atom stereocenters. The van der Waals surface area contributed by atoms with Crippen molar-refractivity contribution in [3.63, 3.8) is 0 Å². The van der Waals surface area contributed by atoms with E-state index in [0.29, 0.717) is 18.6 Å². The molecule has 0 amide bonds. The van der Waals surface area contributed by atoms with Gasteiger partial charge in [-0.25, -0.2) is 4.79 Å². The zero-order valence-corrected chi connectivity index (χ0v) is 19.2. The lowest BCUT2D eigenvalue weighted by Gasteiger charge is -2.24. The molecule has 0 aliphatic rings. The Morgan fingerprint density at radius 3 is 1.97 bits per heavy atom. The van der Waals surface area contributed by atoms with Crippen LogP contribution < -0.4 is 0 Å². The highest BCUT2D eigenvalue weighted by molar-refractivity contribution is 5.89. The number of aromatic hydroxyl groups is 1. The Labute approximate surface area is 183 Å². The first-order valence-corrected chi connectivity index (χ1v) is 11.9. The first-order chi connectivity index (χ1) is 14.6. The molecule has 0 bridgehead atoms. The van der Waals surface area contributed by atoms with Crippen LogP contribution in [0.3, 0.4) is 0 Å². The summed E-state index contributed by atoms with van der Waals surface area (Å²) < 4.78 is 17.5. The number of hydrogen-bond donors (Lipinski definition) is 1. The van der Waals surface area contributed by atoms with Crippen LogP contribution in [-0.4, -0.2) is 30.3 Å². The van der Waals surface area contributed by atoms with Gasteiger partial charge in [0.2, 0.25) is 6.29 Å².